The zero-order valence-corrected chi connectivity index (χ0v) is 15.9. The van der Waals surface area contributed by atoms with Gasteiger partial charge in [0.1, 0.15) is 6.10 Å². The van der Waals surface area contributed by atoms with E-state index in [1.165, 1.54) is 0 Å². The summed E-state index contributed by atoms with van der Waals surface area (Å²) in [5, 5.41) is 3.41. The van der Waals surface area contributed by atoms with Crippen LogP contribution in [0.25, 0.3) is 0 Å². The van der Waals surface area contributed by atoms with Crippen molar-refractivity contribution in [3.8, 4) is 0 Å². The molecule has 25 heavy (non-hydrogen) atoms. The minimum Gasteiger partial charge on any atom is -0.383 e. The number of methoxy groups -OCH3 is 1. The molecule has 2 saturated heterocycles. The van der Waals surface area contributed by atoms with Crippen molar-refractivity contribution < 1.29 is 14.3 Å². The number of carbonyl (C=O) groups is 1. The summed E-state index contributed by atoms with van der Waals surface area (Å²) in [6.07, 6.45) is 1.64. The van der Waals surface area contributed by atoms with Crippen LogP contribution in [0.1, 0.15) is 12.8 Å². The number of carbonyl (C=O) groups excluding carboxylic acids is 1. The molecule has 2 aliphatic rings. The van der Waals surface area contributed by atoms with Crippen molar-refractivity contribution in [2.45, 2.75) is 18.9 Å². The fourth-order valence-corrected chi connectivity index (χ4v) is 3.16. The summed E-state index contributed by atoms with van der Waals surface area (Å²) < 4.78 is 10.6. The third-order valence-electron chi connectivity index (χ3n) is 4.76. The summed E-state index contributed by atoms with van der Waals surface area (Å²) in [6.45, 7) is 7.20. The molecule has 144 valence electrons. The molecule has 0 saturated carbocycles. The number of hydrogen-bond donors (Lipinski definition) is 1. The number of nitrogens with zero attached hydrogens (tertiary/aromatic N) is 4. The van der Waals surface area contributed by atoms with Crippen LogP contribution in [-0.4, -0.2) is 113 Å². The van der Waals surface area contributed by atoms with Gasteiger partial charge >= 0.3 is 0 Å². The second-order valence-electron chi connectivity index (χ2n) is 6.58. The van der Waals surface area contributed by atoms with Gasteiger partial charge in [-0.1, -0.05) is 0 Å². The summed E-state index contributed by atoms with van der Waals surface area (Å²) in [6, 6.07) is 0. The van der Waals surface area contributed by atoms with Gasteiger partial charge in [-0.05, 0) is 19.9 Å². The fraction of sp³-hybridized carbons (Fsp3) is 0.882. The second kappa shape index (κ2) is 10.6. The van der Waals surface area contributed by atoms with E-state index in [4.69, 9.17) is 9.47 Å². The second-order valence-corrected chi connectivity index (χ2v) is 6.58. The molecular weight excluding hydrogens is 322 g/mol. The van der Waals surface area contributed by atoms with E-state index in [-0.39, 0.29) is 12.0 Å². The van der Waals surface area contributed by atoms with Gasteiger partial charge in [0.05, 0.1) is 6.61 Å². The Balaban J connectivity index is 1.69. The topological polar surface area (TPSA) is 69.6 Å². The average molecular weight is 355 g/mol. The summed E-state index contributed by atoms with van der Waals surface area (Å²) >= 11 is 0. The summed E-state index contributed by atoms with van der Waals surface area (Å²) in [5.41, 5.74) is 0. The number of hydrogen-bond acceptors (Lipinski definition) is 5. The Kier molecular flexibility index (Phi) is 8.43. The molecule has 0 aromatic carbocycles. The molecule has 1 N–H and O–H groups in total. The van der Waals surface area contributed by atoms with Crippen LogP contribution in [0.2, 0.25) is 0 Å². The molecule has 2 fully saturated rings. The lowest BCUT2D eigenvalue weighted by Crippen LogP contribution is -2.55. The van der Waals surface area contributed by atoms with Gasteiger partial charge in [-0.15, -0.1) is 0 Å². The number of piperazine rings is 1. The predicted molar refractivity (Wildman–Crippen MR) is 97.9 cm³/mol. The molecule has 0 radical (unpaired) electrons. The quantitative estimate of drug-likeness (QED) is 0.489. The Hall–Kier alpha value is -1.38. The number of guanidine groups is 1. The molecule has 8 heteroatoms. The lowest BCUT2D eigenvalue weighted by Gasteiger charge is -2.37. The van der Waals surface area contributed by atoms with Crippen LogP contribution >= 0.6 is 0 Å². The third-order valence-corrected chi connectivity index (χ3v) is 4.76. The van der Waals surface area contributed by atoms with Crippen LogP contribution in [0.4, 0.5) is 0 Å². The van der Waals surface area contributed by atoms with E-state index in [1.807, 2.05) is 4.90 Å². The highest BCUT2D eigenvalue weighted by Gasteiger charge is 2.30. The van der Waals surface area contributed by atoms with Crippen molar-refractivity contribution in [2.24, 2.45) is 4.99 Å². The molecule has 0 spiro atoms. The average Bonchev–Trinajstić information content (AvgIpc) is 3.18. The summed E-state index contributed by atoms with van der Waals surface area (Å²) in [5.74, 6) is 1.06. The Labute approximate surface area is 151 Å². The maximum absolute atomic E-state index is 12.4. The van der Waals surface area contributed by atoms with Crippen molar-refractivity contribution in [1.29, 1.82) is 0 Å². The molecule has 1 atom stereocenters. The number of nitrogens with one attached hydrogen (secondary N) is 1. The Bertz CT molecular complexity index is 432. The van der Waals surface area contributed by atoms with Gasteiger partial charge in [0.2, 0.25) is 0 Å². The van der Waals surface area contributed by atoms with Gasteiger partial charge in [0.15, 0.2) is 5.96 Å². The largest absolute Gasteiger partial charge is 0.383 e. The van der Waals surface area contributed by atoms with Gasteiger partial charge in [0.25, 0.3) is 5.91 Å². The maximum atomic E-state index is 12.4. The number of rotatable bonds is 7. The first-order valence-corrected chi connectivity index (χ1v) is 9.19. The molecule has 0 bridgehead atoms. The van der Waals surface area contributed by atoms with Crippen LogP contribution in [0, 0.1) is 0 Å². The molecule has 1 unspecified atom stereocenters. The number of amides is 1. The van der Waals surface area contributed by atoms with Crippen LogP contribution in [0.3, 0.4) is 0 Å². The first kappa shape index (κ1) is 19.9. The fourth-order valence-electron chi connectivity index (χ4n) is 3.16. The number of likely N-dealkylation sites (N-methyl/N-ethyl adjacent to an activating group) is 1. The molecule has 8 nitrogen and oxygen atoms in total. The normalized spacial score (nSPS) is 21.9. The molecule has 0 aromatic heterocycles. The lowest BCUT2D eigenvalue weighted by molar-refractivity contribution is -0.142. The van der Waals surface area contributed by atoms with Crippen molar-refractivity contribution in [1.82, 2.24) is 20.0 Å². The zero-order chi connectivity index (χ0) is 18.1. The lowest BCUT2D eigenvalue weighted by atomic mass is 10.2. The van der Waals surface area contributed by atoms with Gasteiger partial charge < -0.3 is 29.5 Å². The first-order valence-electron chi connectivity index (χ1n) is 9.19. The highest BCUT2D eigenvalue weighted by molar-refractivity contribution is 5.82. The Morgan fingerprint density at radius 1 is 1.28 bits per heavy atom. The number of aliphatic imine (C=N–C) groups is 1. The molecule has 0 aromatic rings. The van der Waals surface area contributed by atoms with Gasteiger partial charge in [-0.2, -0.15) is 0 Å². The summed E-state index contributed by atoms with van der Waals surface area (Å²) in [7, 11) is 5.61. The van der Waals surface area contributed by atoms with Gasteiger partial charge in [-0.25, -0.2) is 0 Å². The van der Waals surface area contributed by atoms with E-state index in [0.717, 1.165) is 71.2 Å². The van der Waals surface area contributed by atoms with E-state index in [1.54, 1.807) is 14.2 Å². The third kappa shape index (κ3) is 6.13. The smallest absolute Gasteiger partial charge is 0.251 e. The Morgan fingerprint density at radius 3 is 2.60 bits per heavy atom. The zero-order valence-electron chi connectivity index (χ0n) is 15.9. The van der Waals surface area contributed by atoms with Crippen LogP contribution in [-0.2, 0) is 14.3 Å². The molecule has 1 amide bonds. The highest BCUT2D eigenvalue weighted by Crippen LogP contribution is 2.16. The number of ether oxygens (including phenoxy) is 2. The first-order chi connectivity index (χ1) is 12.2. The SMILES string of the molecule is CN=C(NCCN(C)CCOC)N1CCN(C(=O)C2CCCO2)CC1. The monoisotopic (exact) mass is 355 g/mol. The van der Waals surface area contributed by atoms with Crippen LogP contribution < -0.4 is 5.32 Å². The van der Waals surface area contributed by atoms with Gasteiger partial charge in [-0.3, -0.25) is 9.79 Å². The van der Waals surface area contributed by atoms with E-state index in [2.05, 4.69) is 27.2 Å². The van der Waals surface area contributed by atoms with E-state index in [9.17, 15) is 4.79 Å². The Morgan fingerprint density at radius 2 is 2.00 bits per heavy atom. The molecule has 2 heterocycles. The standard InChI is InChI=1S/C17H33N5O3/c1-18-17(19-6-7-20(2)12-14-24-3)22-10-8-21(9-11-22)16(23)15-5-4-13-25-15/h15H,4-14H2,1-3H3,(H,18,19). The van der Waals surface area contributed by atoms with Crippen LogP contribution in [0.15, 0.2) is 4.99 Å². The predicted octanol–water partition coefficient (Wildman–Crippen LogP) is -0.537. The highest BCUT2D eigenvalue weighted by atomic mass is 16.5. The molecule has 2 rings (SSSR count). The van der Waals surface area contributed by atoms with Crippen molar-refractivity contribution in [3.63, 3.8) is 0 Å². The van der Waals surface area contributed by atoms with E-state index >= 15 is 0 Å². The minimum absolute atomic E-state index is 0.153. The van der Waals surface area contributed by atoms with E-state index in [0.29, 0.717) is 6.61 Å². The molecule has 0 aliphatic carbocycles. The van der Waals surface area contributed by atoms with E-state index < -0.39 is 0 Å². The minimum atomic E-state index is -0.216. The maximum Gasteiger partial charge on any atom is 0.251 e. The molecule has 2 aliphatic heterocycles. The molecular formula is C17H33N5O3. The van der Waals surface area contributed by atoms with Crippen molar-refractivity contribution in [2.75, 3.05) is 80.2 Å². The summed E-state index contributed by atoms with van der Waals surface area (Å²) in [4.78, 5) is 23.1. The van der Waals surface area contributed by atoms with Crippen molar-refractivity contribution in [3.05, 3.63) is 0 Å². The van der Waals surface area contributed by atoms with Crippen LogP contribution in [0.5, 0.6) is 0 Å². The van der Waals surface area contributed by atoms with Gasteiger partial charge in [0, 0.05) is 66.6 Å². The van der Waals surface area contributed by atoms with Crippen molar-refractivity contribution >= 4 is 11.9 Å².